The predicted octanol–water partition coefficient (Wildman–Crippen LogP) is 7.39. The van der Waals surface area contributed by atoms with Crippen LogP contribution in [-0.2, 0) is 48.3 Å². The monoisotopic (exact) mass is 708 g/mol. The molecule has 282 valence electrons. The maximum atomic E-state index is 11.7. The third-order valence-corrected chi connectivity index (χ3v) is 8.17. The summed E-state index contributed by atoms with van der Waals surface area (Å²) in [6.45, 7) is 8.52. The normalized spacial score (nSPS) is 11.5. The minimum Gasteiger partial charge on any atom is -0.463 e. The van der Waals surface area contributed by atoms with Crippen molar-refractivity contribution in [1.82, 2.24) is 0 Å². The van der Waals surface area contributed by atoms with Gasteiger partial charge in [0.2, 0.25) is 0 Å². The number of benzene rings is 3. The standard InChI is InChI=1S/C42H60O9/c1-2-3-4-5-6-16-23-41(43)50-36-34-48-32-30-46-28-26-44-24-25-45-27-29-47-31-33-49-35-37-51-42(38-17-10-7-11-18-38,39-19-12-8-13-20-39)40-21-14-9-15-22-40/h7-15,17-22H,2-6,16,23-37H2,1H3. The van der Waals surface area contributed by atoms with Gasteiger partial charge in [-0.1, -0.05) is 130 Å². The van der Waals surface area contributed by atoms with Crippen LogP contribution in [0, 0.1) is 0 Å². The van der Waals surface area contributed by atoms with Gasteiger partial charge in [-0.15, -0.1) is 0 Å². The second-order valence-corrected chi connectivity index (χ2v) is 12.0. The number of carbonyl (C=O) groups excluding carboxylic acids is 1. The van der Waals surface area contributed by atoms with Gasteiger partial charge in [-0.25, -0.2) is 0 Å². The van der Waals surface area contributed by atoms with Crippen molar-refractivity contribution < 1.29 is 42.7 Å². The molecule has 3 aromatic carbocycles. The molecule has 0 bridgehead atoms. The first-order valence-electron chi connectivity index (χ1n) is 18.7. The molecule has 0 aliphatic rings. The number of hydrogen-bond acceptors (Lipinski definition) is 9. The van der Waals surface area contributed by atoms with Gasteiger partial charge in [0.1, 0.15) is 12.2 Å². The van der Waals surface area contributed by atoms with Gasteiger partial charge in [0, 0.05) is 6.42 Å². The fourth-order valence-electron chi connectivity index (χ4n) is 5.56. The molecule has 0 fully saturated rings. The largest absolute Gasteiger partial charge is 0.463 e. The molecule has 0 atom stereocenters. The quantitative estimate of drug-likeness (QED) is 0.0374. The van der Waals surface area contributed by atoms with Crippen molar-refractivity contribution >= 4 is 5.97 Å². The van der Waals surface area contributed by atoms with E-state index in [1.807, 2.05) is 54.6 Å². The zero-order valence-electron chi connectivity index (χ0n) is 30.7. The molecule has 9 nitrogen and oxygen atoms in total. The lowest BCUT2D eigenvalue weighted by Crippen LogP contribution is -2.34. The van der Waals surface area contributed by atoms with Crippen molar-refractivity contribution in [3.63, 3.8) is 0 Å². The average molecular weight is 709 g/mol. The van der Waals surface area contributed by atoms with Crippen LogP contribution in [0.1, 0.15) is 68.6 Å². The van der Waals surface area contributed by atoms with Crippen LogP contribution >= 0.6 is 0 Å². The molecule has 3 rings (SSSR count). The van der Waals surface area contributed by atoms with Crippen LogP contribution < -0.4 is 0 Å². The molecule has 9 heteroatoms. The number of esters is 1. The number of ether oxygens (including phenoxy) is 8. The summed E-state index contributed by atoms with van der Waals surface area (Å²) in [7, 11) is 0. The third-order valence-electron chi connectivity index (χ3n) is 8.17. The van der Waals surface area contributed by atoms with E-state index in [4.69, 9.17) is 37.9 Å². The first kappa shape index (κ1) is 42.3. The lowest BCUT2D eigenvalue weighted by molar-refractivity contribution is -0.145. The molecular formula is C42H60O9. The molecule has 0 heterocycles. The Bertz CT molecular complexity index is 1130. The van der Waals surface area contributed by atoms with E-state index in [2.05, 4.69) is 43.3 Å². The van der Waals surface area contributed by atoms with Crippen molar-refractivity contribution in [2.75, 3.05) is 92.5 Å². The first-order chi connectivity index (χ1) is 25.3. The third kappa shape index (κ3) is 17.8. The second kappa shape index (κ2) is 28.4. The van der Waals surface area contributed by atoms with Gasteiger partial charge in [0.05, 0.1) is 85.9 Å². The Hall–Kier alpha value is -3.15. The number of hydrogen-bond donors (Lipinski definition) is 0. The molecule has 3 aromatic rings. The van der Waals surface area contributed by atoms with Crippen molar-refractivity contribution in [3.8, 4) is 0 Å². The minimum atomic E-state index is -0.751. The lowest BCUT2D eigenvalue weighted by Gasteiger charge is -2.36. The van der Waals surface area contributed by atoms with Crippen molar-refractivity contribution in [2.24, 2.45) is 0 Å². The van der Waals surface area contributed by atoms with E-state index in [1.54, 1.807) is 0 Å². The Labute approximate surface area is 305 Å². The van der Waals surface area contributed by atoms with Crippen LogP contribution in [0.2, 0.25) is 0 Å². The molecule has 0 spiro atoms. The topological polar surface area (TPSA) is 90.9 Å². The van der Waals surface area contributed by atoms with E-state index in [0.717, 1.165) is 29.5 Å². The molecule has 51 heavy (non-hydrogen) atoms. The van der Waals surface area contributed by atoms with Crippen molar-refractivity contribution in [1.29, 1.82) is 0 Å². The summed E-state index contributed by atoms with van der Waals surface area (Å²) < 4.78 is 45.5. The van der Waals surface area contributed by atoms with Gasteiger partial charge >= 0.3 is 5.97 Å². The highest BCUT2D eigenvalue weighted by molar-refractivity contribution is 5.69. The van der Waals surface area contributed by atoms with E-state index in [1.165, 1.54) is 25.7 Å². The molecule has 0 radical (unpaired) electrons. The van der Waals surface area contributed by atoms with Gasteiger partial charge < -0.3 is 37.9 Å². The number of carbonyl (C=O) groups is 1. The lowest BCUT2D eigenvalue weighted by atomic mass is 9.80. The van der Waals surface area contributed by atoms with E-state index in [9.17, 15) is 4.79 Å². The van der Waals surface area contributed by atoms with Gasteiger partial charge in [-0.05, 0) is 23.1 Å². The highest BCUT2D eigenvalue weighted by atomic mass is 16.6. The van der Waals surface area contributed by atoms with Crippen molar-refractivity contribution in [3.05, 3.63) is 108 Å². The van der Waals surface area contributed by atoms with E-state index in [0.29, 0.717) is 92.3 Å². The first-order valence-corrected chi connectivity index (χ1v) is 18.7. The van der Waals surface area contributed by atoms with E-state index in [-0.39, 0.29) is 12.6 Å². The Balaban J connectivity index is 1.12. The molecule has 0 amide bonds. The molecule has 0 unspecified atom stereocenters. The molecule has 0 N–H and O–H groups in total. The molecule has 0 aliphatic carbocycles. The van der Waals surface area contributed by atoms with Crippen LogP contribution in [0.5, 0.6) is 0 Å². The second-order valence-electron chi connectivity index (χ2n) is 12.0. The summed E-state index contributed by atoms with van der Waals surface area (Å²) in [6, 6.07) is 31.0. The maximum Gasteiger partial charge on any atom is 0.305 e. The summed E-state index contributed by atoms with van der Waals surface area (Å²) in [4.78, 5) is 11.7. The summed E-state index contributed by atoms with van der Waals surface area (Å²) in [5, 5.41) is 0. The van der Waals surface area contributed by atoms with Gasteiger partial charge in [0.25, 0.3) is 0 Å². The highest BCUT2D eigenvalue weighted by Crippen LogP contribution is 2.40. The van der Waals surface area contributed by atoms with E-state index < -0.39 is 5.60 Å². The predicted molar refractivity (Wildman–Crippen MR) is 199 cm³/mol. The SMILES string of the molecule is CCCCCCCCC(=O)OCCOCCOCCOCCOCCOCCOCCOC(c1ccccc1)(c1ccccc1)c1ccccc1. The zero-order chi connectivity index (χ0) is 35.9. The number of rotatable bonds is 32. The Kier molecular flexibility index (Phi) is 23.6. The fraction of sp³-hybridized carbons (Fsp3) is 0.548. The Morgan fingerprint density at radius 3 is 1.16 bits per heavy atom. The Morgan fingerprint density at radius 1 is 0.431 bits per heavy atom. The van der Waals surface area contributed by atoms with E-state index >= 15 is 0 Å². The summed E-state index contributed by atoms with van der Waals surface area (Å²) in [6.07, 6.45) is 7.42. The smallest absolute Gasteiger partial charge is 0.305 e. The van der Waals surface area contributed by atoms with Crippen LogP contribution in [0.3, 0.4) is 0 Å². The van der Waals surface area contributed by atoms with Crippen LogP contribution in [-0.4, -0.2) is 98.5 Å². The molecule has 0 saturated carbocycles. The Morgan fingerprint density at radius 2 is 0.765 bits per heavy atom. The number of unbranched alkanes of at least 4 members (excludes halogenated alkanes) is 5. The molecule has 0 saturated heterocycles. The maximum absolute atomic E-state index is 11.7. The molecule has 0 aliphatic heterocycles. The van der Waals surface area contributed by atoms with Crippen LogP contribution in [0.4, 0.5) is 0 Å². The summed E-state index contributed by atoms with van der Waals surface area (Å²) >= 11 is 0. The summed E-state index contributed by atoms with van der Waals surface area (Å²) in [5.74, 6) is -0.142. The molecule has 0 aromatic heterocycles. The van der Waals surface area contributed by atoms with Gasteiger partial charge in [-0.2, -0.15) is 0 Å². The molecular weight excluding hydrogens is 648 g/mol. The van der Waals surface area contributed by atoms with Gasteiger partial charge in [0.15, 0.2) is 0 Å². The fourth-order valence-corrected chi connectivity index (χ4v) is 5.56. The van der Waals surface area contributed by atoms with Crippen molar-refractivity contribution in [2.45, 2.75) is 57.5 Å². The highest BCUT2D eigenvalue weighted by Gasteiger charge is 2.37. The minimum absolute atomic E-state index is 0.142. The zero-order valence-corrected chi connectivity index (χ0v) is 30.7. The summed E-state index contributed by atoms with van der Waals surface area (Å²) in [5.41, 5.74) is 2.45. The average Bonchev–Trinajstić information content (AvgIpc) is 3.17. The van der Waals surface area contributed by atoms with Crippen LogP contribution in [0.15, 0.2) is 91.0 Å². The van der Waals surface area contributed by atoms with Crippen LogP contribution in [0.25, 0.3) is 0 Å². The van der Waals surface area contributed by atoms with Gasteiger partial charge in [-0.3, -0.25) is 4.79 Å².